The van der Waals surface area contributed by atoms with Gasteiger partial charge in [-0.3, -0.25) is 4.90 Å². The second-order valence-corrected chi connectivity index (χ2v) is 6.94. The van der Waals surface area contributed by atoms with Crippen LogP contribution >= 0.6 is 0 Å². The summed E-state index contributed by atoms with van der Waals surface area (Å²) in [6.07, 6.45) is 4.98. The molecule has 1 N–H and O–H groups in total. The Morgan fingerprint density at radius 2 is 1.61 bits per heavy atom. The van der Waals surface area contributed by atoms with E-state index in [2.05, 4.69) is 35.2 Å². The fraction of sp³-hybridized carbons (Fsp3) is 0.520. The highest BCUT2D eigenvalue weighted by Crippen LogP contribution is 2.39. The molecular formula is C25H37NO2. The number of phenols is 1. The quantitative estimate of drug-likeness (QED) is 0.705. The average Bonchev–Trinajstić information content (AvgIpc) is 3.20. The first-order chi connectivity index (χ1) is 13.8. The summed E-state index contributed by atoms with van der Waals surface area (Å²) in [5.41, 5.74) is 2.62. The molecule has 0 unspecified atom stereocenters. The van der Waals surface area contributed by atoms with Crippen molar-refractivity contribution in [1.29, 1.82) is 0 Å². The third kappa shape index (κ3) is 5.59. The smallest absolute Gasteiger partial charge is 0.115 e. The molecule has 0 aromatic heterocycles. The van der Waals surface area contributed by atoms with Crippen LogP contribution in [0.1, 0.15) is 64.2 Å². The van der Waals surface area contributed by atoms with Crippen molar-refractivity contribution in [2.24, 2.45) is 0 Å². The van der Waals surface area contributed by atoms with Crippen molar-refractivity contribution in [1.82, 2.24) is 4.90 Å². The highest BCUT2D eigenvalue weighted by atomic mass is 16.5. The molecule has 0 aliphatic carbocycles. The predicted octanol–water partition coefficient (Wildman–Crippen LogP) is 5.98. The van der Waals surface area contributed by atoms with Gasteiger partial charge in [-0.05, 0) is 48.9 Å². The van der Waals surface area contributed by atoms with Gasteiger partial charge in [-0.1, -0.05) is 70.2 Å². The molecule has 3 atom stereocenters. The van der Waals surface area contributed by atoms with E-state index in [9.17, 15) is 5.11 Å². The van der Waals surface area contributed by atoms with Crippen LogP contribution in [0.4, 0.5) is 0 Å². The minimum atomic E-state index is 0.140. The molecule has 2 fully saturated rings. The van der Waals surface area contributed by atoms with Crippen molar-refractivity contribution < 1.29 is 9.84 Å². The van der Waals surface area contributed by atoms with E-state index in [0.717, 1.165) is 19.6 Å². The minimum absolute atomic E-state index is 0.140. The molecule has 0 radical (unpaired) electrons. The Morgan fingerprint density at radius 1 is 0.929 bits per heavy atom. The fourth-order valence-electron chi connectivity index (χ4n) is 4.31. The minimum Gasteiger partial charge on any atom is -0.508 e. The second kappa shape index (κ2) is 11.9. The van der Waals surface area contributed by atoms with E-state index in [1.165, 1.54) is 30.4 Å². The lowest BCUT2D eigenvalue weighted by atomic mass is 9.99. The van der Waals surface area contributed by atoms with Gasteiger partial charge in [0, 0.05) is 18.6 Å². The van der Waals surface area contributed by atoms with Gasteiger partial charge < -0.3 is 9.84 Å². The van der Waals surface area contributed by atoms with Gasteiger partial charge >= 0.3 is 0 Å². The van der Waals surface area contributed by atoms with Crippen molar-refractivity contribution in [3.8, 4) is 5.75 Å². The summed E-state index contributed by atoms with van der Waals surface area (Å²) >= 11 is 0. The summed E-state index contributed by atoms with van der Waals surface area (Å²) in [7, 11) is 0. The summed E-state index contributed by atoms with van der Waals surface area (Å²) in [4.78, 5) is 2.67. The Balaban J connectivity index is 0.000000660. The van der Waals surface area contributed by atoms with Crippen molar-refractivity contribution in [2.45, 2.75) is 71.6 Å². The predicted molar refractivity (Wildman–Crippen MR) is 118 cm³/mol. The molecule has 0 spiro atoms. The molecule has 154 valence electrons. The SMILES string of the molecule is CC.CC.Oc1ccc([C@H]2OCCN3[C@H](CCc4ccccc4)CC[C@@H]23)cc1. The topological polar surface area (TPSA) is 32.7 Å². The fourth-order valence-corrected chi connectivity index (χ4v) is 4.31. The maximum atomic E-state index is 9.51. The highest BCUT2D eigenvalue weighted by Gasteiger charge is 2.41. The zero-order valence-corrected chi connectivity index (χ0v) is 18.0. The number of rotatable bonds is 4. The first kappa shape index (κ1) is 22.4. The van der Waals surface area contributed by atoms with Crippen LogP contribution in [0, 0.1) is 0 Å². The number of nitrogens with zero attached hydrogens (tertiary/aromatic N) is 1. The van der Waals surface area contributed by atoms with E-state index in [0.29, 0.717) is 17.8 Å². The van der Waals surface area contributed by atoms with Crippen molar-refractivity contribution in [2.75, 3.05) is 13.2 Å². The monoisotopic (exact) mass is 383 g/mol. The first-order valence-electron chi connectivity index (χ1n) is 11.0. The van der Waals surface area contributed by atoms with Crippen molar-refractivity contribution >= 4 is 0 Å². The highest BCUT2D eigenvalue weighted by molar-refractivity contribution is 5.29. The van der Waals surface area contributed by atoms with Gasteiger partial charge in [-0.25, -0.2) is 0 Å². The molecule has 3 heteroatoms. The van der Waals surface area contributed by atoms with E-state index in [1.54, 1.807) is 12.1 Å². The number of fused-ring (bicyclic) bond motifs is 1. The van der Waals surface area contributed by atoms with Crippen LogP contribution < -0.4 is 0 Å². The lowest BCUT2D eigenvalue weighted by Gasteiger charge is -2.39. The zero-order valence-electron chi connectivity index (χ0n) is 18.0. The maximum absolute atomic E-state index is 9.51. The molecule has 2 aliphatic heterocycles. The van der Waals surface area contributed by atoms with Gasteiger partial charge in [-0.2, -0.15) is 0 Å². The summed E-state index contributed by atoms with van der Waals surface area (Å²) < 4.78 is 6.11. The molecule has 3 nitrogen and oxygen atoms in total. The van der Waals surface area contributed by atoms with Gasteiger partial charge in [0.25, 0.3) is 0 Å². The number of morpholine rings is 1. The molecule has 2 aromatic rings. The van der Waals surface area contributed by atoms with Gasteiger partial charge in [0.15, 0.2) is 0 Å². The molecule has 4 rings (SSSR count). The van der Waals surface area contributed by atoms with E-state index in [-0.39, 0.29) is 6.10 Å². The van der Waals surface area contributed by atoms with Crippen LogP contribution in [0.25, 0.3) is 0 Å². The second-order valence-electron chi connectivity index (χ2n) is 6.94. The van der Waals surface area contributed by atoms with Gasteiger partial charge in [0.2, 0.25) is 0 Å². The molecule has 0 saturated carbocycles. The van der Waals surface area contributed by atoms with Crippen LogP contribution in [0.15, 0.2) is 54.6 Å². The van der Waals surface area contributed by atoms with Crippen molar-refractivity contribution in [3.63, 3.8) is 0 Å². The van der Waals surface area contributed by atoms with Crippen LogP contribution in [0.2, 0.25) is 0 Å². The number of ether oxygens (including phenoxy) is 1. The Hall–Kier alpha value is -1.84. The number of hydrogen-bond donors (Lipinski definition) is 1. The lowest BCUT2D eigenvalue weighted by Crippen LogP contribution is -2.46. The van der Waals surface area contributed by atoms with E-state index < -0.39 is 0 Å². The number of aryl methyl sites for hydroxylation is 1. The van der Waals surface area contributed by atoms with Crippen molar-refractivity contribution in [3.05, 3.63) is 65.7 Å². The summed E-state index contributed by atoms with van der Waals surface area (Å²) in [6.45, 7) is 9.84. The molecule has 0 bridgehead atoms. The normalized spacial score (nSPS) is 23.6. The molecule has 2 aromatic carbocycles. The standard InChI is InChI=1S/C21H25NO2.2C2H6/c23-19-11-7-17(8-12-19)21-20-13-10-18(22(20)14-15-24-21)9-6-16-4-2-1-3-5-16;2*1-2/h1-5,7-8,11-12,18,20-21,23H,6,9-10,13-15H2;2*1-2H3/t18-,20+,21-;;/m1../s1. The number of phenolic OH excluding ortho intramolecular Hbond substituents is 1. The molecular weight excluding hydrogens is 346 g/mol. The molecule has 2 heterocycles. The third-order valence-corrected chi connectivity index (χ3v) is 5.52. The van der Waals surface area contributed by atoms with E-state index >= 15 is 0 Å². The summed E-state index contributed by atoms with van der Waals surface area (Å²) in [5, 5.41) is 9.51. The van der Waals surface area contributed by atoms with E-state index in [4.69, 9.17) is 4.74 Å². The van der Waals surface area contributed by atoms with Crippen LogP contribution in [-0.2, 0) is 11.2 Å². The average molecular weight is 384 g/mol. The molecule has 2 saturated heterocycles. The number of benzene rings is 2. The number of hydrogen-bond acceptors (Lipinski definition) is 3. The van der Waals surface area contributed by atoms with Gasteiger partial charge in [0.1, 0.15) is 5.75 Å². The Morgan fingerprint density at radius 3 is 2.29 bits per heavy atom. The summed E-state index contributed by atoms with van der Waals surface area (Å²) in [6, 6.07) is 19.5. The molecule has 0 amide bonds. The Bertz CT molecular complexity index is 656. The van der Waals surface area contributed by atoms with Crippen LogP contribution in [0.3, 0.4) is 0 Å². The molecule has 2 aliphatic rings. The van der Waals surface area contributed by atoms with Gasteiger partial charge in [0.05, 0.1) is 12.7 Å². The Kier molecular flexibility index (Phi) is 9.52. The maximum Gasteiger partial charge on any atom is 0.115 e. The largest absolute Gasteiger partial charge is 0.508 e. The van der Waals surface area contributed by atoms with E-state index in [1.807, 2.05) is 39.8 Å². The third-order valence-electron chi connectivity index (χ3n) is 5.52. The van der Waals surface area contributed by atoms with Crippen LogP contribution in [-0.4, -0.2) is 35.2 Å². The van der Waals surface area contributed by atoms with Crippen LogP contribution in [0.5, 0.6) is 5.75 Å². The zero-order chi connectivity index (χ0) is 20.4. The molecule has 28 heavy (non-hydrogen) atoms. The van der Waals surface area contributed by atoms with Gasteiger partial charge in [-0.15, -0.1) is 0 Å². The lowest BCUT2D eigenvalue weighted by molar-refractivity contribution is -0.0686. The Labute approximate surface area is 171 Å². The number of aromatic hydroxyl groups is 1. The first-order valence-corrected chi connectivity index (χ1v) is 11.0. The summed E-state index contributed by atoms with van der Waals surface area (Å²) in [5.74, 6) is 0.318.